The second-order valence-electron chi connectivity index (χ2n) is 5.68. The molecule has 2 amide bonds. The van der Waals surface area contributed by atoms with Gasteiger partial charge >= 0.3 is 0 Å². The number of benzene rings is 2. The standard InChI is InChI=1S/C20H20N2O4/c1-3-18(24)15-6-10-17(11-7-15)20(26)22-12-21-19(25)16-8-4-14(5-9-16)13(2)23/h4-11H,3,12H2,1-2H3,(H,21,25)(H,22,26). The van der Waals surface area contributed by atoms with Gasteiger partial charge in [0, 0.05) is 28.7 Å². The number of ketones is 2. The Labute approximate surface area is 151 Å². The normalized spacial score (nSPS) is 10.1. The van der Waals surface area contributed by atoms with E-state index in [4.69, 9.17) is 0 Å². The van der Waals surface area contributed by atoms with E-state index in [0.29, 0.717) is 28.7 Å². The number of carbonyl (C=O) groups is 4. The topological polar surface area (TPSA) is 92.3 Å². The van der Waals surface area contributed by atoms with Crippen molar-refractivity contribution in [2.24, 2.45) is 0 Å². The van der Waals surface area contributed by atoms with Crippen molar-refractivity contribution in [3.05, 3.63) is 70.8 Å². The Morgan fingerprint density at radius 2 is 1.08 bits per heavy atom. The zero-order valence-corrected chi connectivity index (χ0v) is 14.7. The van der Waals surface area contributed by atoms with Gasteiger partial charge in [0.1, 0.15) is 0 Å². The monoisotopic (exact) mass is 352 g/mol. The van der Waals surface area contributed by atoms with Crippen molar-refractivity contribution in [3.63, 3.8) is 0 Å². The Kier molecular flexibility index (Phi) is 6.38. The van der Waals surface area contributed by atoms with E-state index in [1.807, 2.05) is 0 Å². The lowest BCUT2D eigenvalue weighted by Gasteiger charge is -2.08. The van der Waals surface area contributed by atoms with Gasteiger partial charge in [-0.05, 0) is 31.2 Å². The van der Waals surface area contributed by atoms with Gasteiger partial charge in [-0.1, -0.05) is 31.2 Å². The molecule has 0 unspecified atom stereocenters. The molecule has 0 aliphatic heterocycles. The van der Waals surface area contributed by atoms with Crippen LogP contribution in [0, 0.1) is 0 Å². The molecular weight excluding hydrogens is 332 g/mol. The highest BCUT2D eigenvalue weighted by atomic mass is 16.2. The van der Waals surface area contributed by atoms with E-state index in [9.17, 15) is 19.2 Å². The van der Waals surface area contributed by atoms with Crippen LogP contribution < -0.4 is 10.6 Å². The van der Waals surface area contributed by atoms with Crippen LogP contribution in [0.3, 0.4) is 0 Å². The molecule has 0 saturated heterocycles. The number of amides is 2. The molecule has 134 valence electrons. The van der Waals surface area contributed by atoms with E-state index in [0.717, 1.165) is 0 Å². The Bertz CT molecular complexity index is 824. The number of carbonyl (C=O) groups excluding carboxylic acids is 4. The van der Waals surface area contributed by atoms with Crippen LogP contribution in [-0.4, -0.2) is 30.0 Å². The van der Waals surface area contributed by atoms with Crippen molar-refractivity contribution in [1.29, 1.82) is 0 Å². The molecule has 26 heavy (non-hydrogen) atoms. The van der Waals surface area contributed by atoms with Gasteiger partial charge in [0.15, 0.2) is 11.6 Å². The van der Waals surface area contributed by atoms with Crippen LogP contribution in [0.25, 0.3) is 0 Å². The SMILES string of the molecule is CCC(=O)c1ccc(C(=O)NCNC(=O)c2ccc(C(C)=O)cc2)cc1. The maximum atomic E-state index is 12.0. The summed E-state index contributed by atoms with van der Waals surface area (Å²) >= 11 is 0. The third-order valence-corrected chi connectivity index (χ3v) is 3.84. The molecule has 0 atom stereocenters. The highest BCUT2D eigenvalue weighted by Crippen LogP contribution is 2.07. The predicted molar refractivity (Wildman–Crippen MR) is 97.3 cm³/mol. The first-order valence-corrected chi connectivity index (χ1v) is 8.23. The number of rotatable bonds is 7. The minimum absolute atomic E-state index is 0.0139. The molecular formula is C20H20N2O4. The van der Waals surface area contributed by atoms with Crippen molar-refractivity contribution in [3.8, 4) is 0 Å². The van der Waals surface area contributed by atoms with Gasteiger partial charge in [0.2, 0.25) is 0 Å². The van der Waals surface area contributed by atoms with Crippen LogP contribution in [0.1, 0.15) is 61.7 Å². The Hall–Kier alpha value is -3.28. The maximum Gasteiger partial charge on any atom is 0.252 e. The zero-order valence-electron chi connectivity index (χ0n) is 14.7. The molecule has 0 aliphatic rings. The zero-order chi connectivity index (χ0) is 19.1. The summed E-state index contributed by atoms with van der Waals surface area (Å²) in [5.41, 5.74) is 1.88. The third kappa shape index (κ3) is 4.86. The number of hydrogen-bond donors (Lipinski definition) is 2. The van der Waals surface area contributed by atoms with Crippen molar-refractivity contribution in [1.82, 2.24) is 10.6 Å². The van der Waals surface area contributed by atoms with Gasteiger partial charge in [-0.2, -0.15) is 0 Å². The molecule has 2 aromatic carbocycles. The molecule has 6 nitrogen and oxygen atoms in total. The molecule has 0 radical (unpaired) electrons. The number of Topliss-reactive ketones (excluding diaryl/α,β-unsaturated/α-hetero) is 2. The summed E-state index contributed by atoms with van der Waals surface area (Å²) in [6, 6.07) is 12.6. The molecule has 2 rings (SSSR count). The van der Waals surface area contributed by atoms with Crippen molar-refractivity contribution < 1.29 is 19.2 Å². The van der Waals surface area contributed by atoms with Gasteiger partial charge in [0.25, 0.3) is 11.8 Å². The van der Waals surface area contributed by atoms with E-state index < -0.39 is 0 Å². The Morgan fingerprint density at radius 3 is 1.46 bits per heavy atom. The third-order valence-electron chi connectivity index (χ3n) is 3.84. The minimum atomic E-state index is -0.357. The van der Waals surface area contributed by atoms with E-state index in [2.05, 4.69) is 10.6 Å². The van der Waals surface area contributed by atoms with E-state index in [-0.39, 0.29) is 30.0 Å². The summed E-state index contributed by atoms with van der Waals surface area (Å²) in [4.78, 5) is 46.8. The van der Waals surface area contributed by atoms with E-state index in [1.165, 1.54) is 6.92 Å². The molecule has 2 aromatic rings. The van der Waals surface area contributed by atoms with Gasteiger partial charge < -0.3 is 10.6 Å². The highest BCUT2D eigenvalue weighted by Gasteiger charge is 2.09. The summed E-state index contributed by atoms with van der Waals surface area (Å²) < 4.78 is 0. The summed E-state index contributed by atoms with van der Waals surface area (Å²) in [6.07, 6.45) is 0.408. The fourth-order valence-electron chi connectivity index (χ4n) is 2.28. The molecule has 0 fully saturated rings. The lowest BCUT2D eigenvalue weighted by atomic mass is 10.1. The highest BCUT2D eigenvalue weighted by molar-refractivity contribution is 5.99. The smallest absolute Gasteiger partial charge is 0.252 e. The lowest BCUT2D eigenvalue weighted by molar-refractivity contribution is 0.0916. The van der Waals surface area contributed by atoms with Crippen molar-refractivity contribution in [2.45, 2.75) is 20.3 Å². The van der Waals surface area contributed by atoms with Gasteiger partial charge in [-0.15, -0.1) is 0 Å². The van der Waals surface area contributed by atoms with E-state index in [1.54, 1.807) is 55.5 Å². The van der Waals surface area contributed by atoms with Crippen LogP contribution in [0.4, 0.5) is 0 Å². The van der Waals surface area contributed by atoms with Gasteiger partial charge in [0.05, 0.1) is 6.67 Å². The van der Waals surface area contributed by atoms with Crippen LogP contribution in [0.5, 0.6) is 0 Å². The van der Waals surface area contributed by atoms with Crippen LogP contribution >= 0.6 is 0 Å². The molecule has 0 spiro atoms. The molecule has 0 bridgehead atoms. The second-order valence-corrected chi connectivity index (χ2v) is 5.68. The molecule has 2 N–H and O–H groups in total. The quantitative estimate of drug-likeness (QED) is 0.592. The molecule has 0 saturated carbocycles. The first-order chi connectivity index (χ1) is 12.4. The predicted octanol–water partition coefficient (Wildman–Crippen LogP) is 2.60. The fourth-order valence-corrected chi connectivity index (χ4v) is 2.28. The van der Waals surface area contributed by atoms with Gasteiger partial charge in [-0.25, -0.2) is 0 Å². The first kappa shape index (κ1) is 19.1. The second kappa shape index (κ2) is 8.71. The summed E-state index contributed by atoms with van der Waals surface area (Å²) in [5, 5.41) is 5.16. The molecule has 6 heteroatoms. The summed E-state index contributed by atoms with van der Waals surface area (Å²) in [7, 11) is 0. The van der Waals surface area contributed by atoms with Crippen LogP contribution in [-0.2, 0) is 0 Å². The Balaban J connectivity index is 1.86. The average Bonchev–Trinajstić information content (AvgIpc) is 2.67. The molecule has 0 aliphatic carbocycles. The van der Waals surface area contributed by atoms with Crippen molar-refractivity contribution in [2.75, 3.05) is 6.67 Å². The van der Waals surface area contributed by atoms with Gasteiger partial charge in [-0.3, -0.25) is 19.2 Å². The van der Waals surface area contributed by atoms with E-state index >= 15 is 0 Å². The Morgan fingerprint density at radius 1 is 0.692 bits per heavy atom. The summed E-state index contributed by atoms with van der Waals surface area (Å²) in [6.45, 7) is 3.19. The first-order valence-electron chi connectivity index (χ1n) is 8.23. The van der Waals surface area contributed by atoms with Crippen LogP contribution in [0.15, 0.2) is 48.5 Å². The number of hydrogen-bond acceptors (Lipinski definition) is 4. The van der Waals surface area contributed by atoms with Crippen LogP contribution in [0.2, 0.25) is 0 Å². The minimum Gasteiger partial charge on any atom is -0.335 e. The molecule has 0 aromatic heterocycles. The molecule has 0 heterocycles. The number of nitrogens with one attached hydrogen (secondary N) is 2. The average molecular weight is 352 g/mol. The lowest BCUT2D eigenvalue weighted by Crippen LogP contribution is -2.37. The largest absolute Gasteiger partial charge is 0.335 e. The fraction of sp³-hybridized carbons (Fsp3) is 0.200. The maximum absolute atomic E-state index is 12.0. The summed E-state index contributed by atoms with van der Waals surface area (Å²) in [5.74, 6) is -0.770. The van der Waals surface area contributed by atoms with Crippen molar-refractivity contribution >= 4 is 23.4 Å².